The molecule has 1 aromatic rings. The van der Waals surface area contributed by atoms with Crippen molar-refractivity contribution < 1.29 is 8.42 Å². The van der Waals surface area contributed by atoms with Gasteiger partial charge in [-0.3, -0.25) is 5.41 Å². The predicted octanol–water partition coefficient (Wildman–Crippen LogP) is 1.10. The third-order valence-corrected chi connectivity index (χ3v) is 3.62. The van der Waals surface area contributed by atoms with E-state index in [9.17, 15) is 8.42 Å². The minimum absolute atomic E-state index is 0.0351. The second-order valence-electron chi connectivity index (χ2n) is 4.13. The van der Waals surface area contributed by atoms with Gasteiger partial charge in [0.2, 0.25) is 0 Å². The molecule has 0 fully saturated rings. The molecule has 7 heteroatoms. The maximum Gasteiger partial charge on any atom is 0.149 e. The van der Waals surface area contributed by atoms with Gasteiger partial charge in [-0.2, -0.15) is 0 Å². The van der Waals surface area contributed by atoms with Gasteiger partial charge in [0.15, 0.2) is 0 Å². The van der Waals surface area contributed by atoms with Gasteiger partial charge >= 0.3 is 0 Å². The molecule has 0 atom stereocenters. The van der Waals surface area contributed by atoms with Gasteiger partial charge in [-0.15, -0.1) is 0 Å². The average molecular weight is 290 g/mol. The topological polar surface area (TPSA) is 87.2 Å². The third-order valence-electron chi connectivity index (χ3n) is 2.46. The minimum atomic E-state index is -3.03. The standard InChI is InChI=1S/C11H16ClN3O2S/c1-15(5-6-18(2,16)17)10-7-8(12)3-4-9(10)11(13)14/h3-4,7H,5-6H2,1-2H3,(H3,13,14). The molecule has 1 aromatic carbocycles. The van der Waals surface area contributed by atoms with Crippen LogP contribution in [-0.2, 0) is 9.84 Å². The fourth-order valence-electron chi connectivity index (χ4n) is 1.47. The Kier molecular flexibility index (Phi) is 4.59. The van der Waals surface area contributed by atoms with Crippen molar-refractivity contribution >= 4 is 33.0 Å². The monoisotopic (exact) mass is 289 g/mol. The van der Waals surface area contributed by atoms with Gasteiger partial charge in [0, 0.05) is 36.1 Å². The van der Waals surface area contributed by atoms with Crippen LogP contribution in [-0.4, -0.2) is 39.9 Å². The summed E-state index contributed by atoms with van der Waals surface area (Å²) >= 11 is 5.90. The molecule has 0 spiro atoms. The lowest BCUT2D eigenvalue weighted by molar-refractivity contribution is 0.601. The van der Waals surface area contributed by atoms with E-state index in [1.54, 1.807) is 30.1 Å². The number of nitrogen functional groups attached to an aromatic ring is 1. The van der Waals surface area contributed by atoms with Gasteiger partial charge < -0.3 is 10.6 Å². The molecule has 0 aliphatic carbocycles. The minimum Gasteiger partial charge on any atom is -0.384 e. The van der Waals surface area contributed by atoms with E-state index in [2.05, 4.69) is 0 Å². The van der Waals surface area contributed by atoms with Crippen molar-refractivity contribution in [1.29, 1.82) is 5.41 Å². The summed E-state index contributed by atoms with van der Waals surface area (Å²) in [6.45, 7) is 0.319. The van der Waals surface area contributed by atoms with Crippen molar-refractivity contribution in [3.63, 3.8) is 0 Å². The molecule has 0 aliphatic rings. The molecule has 0 amide bonds. The smallest absolute Gasteiger partial charge is 0.149 e. The molecule has 5 nitrogen and oxygen atoms in total. The number of halogens is 1. The van der Waals surface area contributed by atoms with Crippen LogP contribution >= 0.6 is 11.6 Å². The first-order valence-electron chi connectivity index (χ1n) is 5.23. The summed E-state index contributed by atoms with van der Waals surface area (Å²) in [5.74, 6) is -0.0410. The molecule has 0 heterocycles. The number of nitrogens with one attached hydrogen (secondary N) is 1. The number of anilines is 1. The number of hydrogen-bond acceptors (Lipinski definition) is 4. The molecule has 18 heavy (non-hydrogen) atoms. The van der Waals surface area contributed by atoms with Crippen molar-refractivity contribution in [3.8, 4) is 0 Å². The lowest BCUT2D eigenvalue weighted by Crippen LogP contribution is -2.27. The van der Waals surface area contributed by atoms with E-state index < -0.39 is 9.84 Å². The third kappa shape index (κ3) is 4.19. The first-order chi connectivity index (χ1) is 8.20. The highest BCUT2D eigenvalue weighted by molar-refractivity contribution is 7.90. The molecular weight excluding hydrogens is 274 g/mol. The van der Waals surface area contributed by atoms with Gasteiger partial charge in [-0.05, 0) is 18.2 Å². The number of nitrogens with zero attached hydrogens (tertiary/aromatic N) is 1. The van der Waals surface area contributed by atoms with E-state index in [1.165, 1.54) is 6.26 Å². The first-order valence-corrected chi connectivity index (χ1v) is 7.67. The molecule has 0 aliphatic heterocycles. The van der Waals surface area contributed by atoms with Gasteiger partial charge in [0.1, 0.15) is 15.7 Å². The van der Waals surface area contributed by atoms with Crippen molar-refractivity contribution in [1.82, 2.24) is 0 Å². The lowest BCUT2D eigenvalue weighted by atomic mass is 10.1. The second-order valence-corrected chi connectivity index (χ2v) is 6.82. The summed E-state index contributed by atoms with van der Waals surface area (Å²) < 4.78 is 22.3. The van der Waals surface area contributed by atoms with Crippen LogP contribution in [0, 0.1) is 5.41 Å². The van der Waals surface area contributed by atoms with Gasteiger partial charge in [0.05, 0.1) is 5.75 Å². The van der Waals surface area contributed by atoms with Crippen LogP contribution in [0.15, 0.2) is 18.2 Å². The maximum atomic E-state index is 11.1. The fourth-order valence-corrected chi connectivity index (χ4v) is 2.24. The van der Waals surface area contributed by atoms with Crippen LogP contribution in [0.1, 0.15) is 5.56 Å². The molecule has 0 aromatic heterocycles. The molecule has 100 valence electrons. The van der Waals surface area contributed by atoms with Crippen LogP contribution in [0.4, 0.5) is 5.69 Å². The average Bonchev–Trinajstić information content (AvgIpc) is 2.24. The summed E-state index contributed by atoms with van der Waals surface area (Å²) in [6, 6.07) is 4.96. The number of amidine groups is 1. The number of nitrogens with two attached hydrogens (primary N) is 1. The van der Waals surface area contributed by atoms with E-state index in [0.29, 0.717) is 22.8 Å². The highest BCUT2D eigenvalue weighted by Crippen LogP contribution is 2.23. The van der Waals surface area contributed by atoms with Crippen molar-refractivity contribution in [3.05, 3.63) is 28.8 Å². The zero-order valence-corrected chi connectivity index (χ0v) is 11.8. The quantitative estimate of drug-likeness (QED) is 0.628. The summed E-state index contributed by atoms with van der Waals surface area (Å²) in [7, 11) is -1.29. The van der Waals surface area contributed by atoms with E-state index >= 15 is 0 Å². The summed E-state index contributed by atoms with van der Waals surface area (Å²) in [5, 5.41) is 8.00. The molecular formula is C11H16ClN3O2S. The van der Waals surface area contributed by atoms with E-state index in [4.69, 9.17) is 22.7 Å². The Morgan fingerprint density at radius 1 is 1.50 bits per heavy atom. The Bertz CT molecular complexity index is 557. The Labute approximate surface area is 112 Å². The van der Waals surface area contributed by atoms with Crippen molar-refractivity contribution in [2.45, 2.75) is 0 Å². The van der Waals surface area contributed by atoms with Crippen LogP contribution < -0.4 is 10.6 Å². The number of benzene rings is 1. The lowest BCUT2D eigenvalue weighted by Gasteiger charge is -2.22. The highest BCUT2D eigenvalue weighted by atomic mass is 35.5. The predicted molar refractivity (Wildman–Crippen MR) is 75.4 cm³/mol. The highest BCUT2D eigenvalue weighted by Gasteiger charge is 2.12. The molecule has 1 rings (SSSR count). The molecule has 0 radical (unpaired) electrons. The van der Waals surface area contributed by atoms with E-state index in [1.807, 2.05) is 0 Å². The number of sulfone groups is 1. The summed E-state index contributed by atoms with van der Waals surface area (Å²) in [6.07, 6.45) is 1.19. The Balaban J connectivity index is 3.00. The van der Waals surface area contributed by atoms with Crippen LogP contribution in [0.5, 0.6) is 0 Å². The molecule has 0 saturated carbocycles. The Hall–Kier alpha value is -1.27. The van der Waals surface area contributed by atoms with Crippen LogP contribution in [0.2, 0.25) is 5.02 Å². The number of hydrogen-bond donors (Lipinski definition) is 2. The Morgan fingerprint density at radius 3 is 2.61 bits per heavy atom. The van der Waals surface area contributed by atoms with Crippen molar-refractivity contribution in [2.24, 2.45) is 5.73 Å². The maximum absolute atomic E-state index is 11.1. The van der Waals surface area contributed by atoms with E-state index in [0.717, 1.165) is 0 Å². The molecule has 3 N–H and O–H groups in total. The molecule has 0 saturated heterocycles. The summed E-state index contributed by atoms with van der Waals surface area (Å²) in [5.41, 5.74) is 6.67. The largest absolute Gasteiger partial charge is 0.384 e. The summed E-state index contributed by atoms with van der Waals surface area (Å²) in [4.78, 5) is 1.73. The van der Waals surface area contributed by atoms with Gasteiger partial charge in [-0.25, -0.2) is 8.42 Å². The van der Waals surface area contributed by atoms with Crippen LogP contribution in [0.3, 0.4) is 0 Å². The fraction of sp³-hybridized carbons (Fsp3) is 0.364. The Morgan fingerprint density at radius 2 is 2.11 bits per heavy atom. The zero-order valence-electron chi connectivity index (χ0n) is 10.3. The van der Waals surface area contributed by atoms with Crippen LogP contribution in [0.25, 0.3) is 0 Å². The van der Waals surface area contributed by atoms with Crippen molar-refractivity contribution in [2.75, 3.05) is 30.5 Å². The van der Waals surface area contributed by atoms with Gasteiger partial charge in [-0.1, -0.05) is 11.6 Å². The zero-order chi connectivity index (χ0) is 13.9. The molecule has 0 bridgehead atoms. The SMILES string of the molecule is CN(CCS(C)(=O)=O)c1cc(Cl)ccc1C(=N)N. The second kappa shape index (κ2) is 5.58. The first kappa shape index (κ1) is 14.8. The number of rotatable bonds is 5. The van der Waals surface area contributed by atoms with Gasteiger partial charge in [0.25, 0.3) is 0 Å². The molecule has 0 unspecified atom stereocenters. The van der Waals surface area contributed by atoms with E-state index in [-0.39, 0.29) is 11.6 Å². The normalized spacial score (nSPS) is 11.3.